The Labute approximate surface area is 148 Å². The van der Waals surface area contributed by atoms with Crippen LogP contribution < -0.4 is 4.90 Å². The van der Waals surface area contributed by atoms with Crippen molar-refractivity contribution in [2.75, 3.05) is 19.0 Å². The SMILES string of the molecule is CN(C)c1ccc(-c2nnc3sc(-c4ccc(Cl)cc4)nn23)cc1. The smallest absolute Gasteiger partial charge is 0.235 e. The molecule has 0 radical (unpaired) electrons. The second-order valence-corrected chi connectivity index (χ2v) is 6.97. The molecule has 0 fully saturated rings. The molecule has 2 aromatic heterocycles. The number of fused-ring (bicyclic) bond motifs is 1. The Kier molecular flexibility index (Phi) is 3.70. The van der Waals surface area contributed by atoms with E-state index < -0.39 is 0 Å². The molecule has 24 heavy (non-hydrogen) atoms. The van der Waals surface area contributed by atoms with Crippen molar-refractivity contribution in [1.29, 1.82) is 0 Å². The zero-order valence-corrected chi connectivity index (χ0v) is 14.7. The summed E-state index contributed by atoms with van der Waals surface area (Å²) in [5.74, 6) is 0.742. The molecule has 0 amide bonds. The maximum absolute atomic E-state index is 5.95. The summed E-state index contributed by atoms with van der Waals surface area (Å²) in [6.07, 6.45) is 0. The van der Waals surface area contributed by atoms with E-state index in [0.717, 1.165) is 32.6 Å². The van der Waals surface area contributed by atoms with Gasteiger partial charge in [0.25, 0.3) is 0 Å². The Morgan fingerprint density at radius 3 is 2.25 bits per heavy atom. The molecule has 0 unspecified atom stereocenters. The molecule has 0 aliphatic rings. The van der Waals surface area contributed by atoms with Crippen LogP contribution in [-0.2, 0) is 0 Å². The molecular formula is C17H14ClN5S. The van der Waals surface area contributed by atoms with Gasteiger partial charge in [-0.3, -0.25) is 0 Å². The maximum Gasteiger partial charge on any atom is 0.235 e. The monoisotopic (exact) mass is 355 g/mol. The molecular weight excluding hydrogens is 342 g/mol. The van der Waals surface area contributed by atoms with Gasteiger partial charge in [0.2, 0.25) is 4.96 Å². The van der Waals surface area contributed by atoms with Crippen LogP contribution in [0.1, 0.15) is 0 Å². The van der Waals surface area contributed by atoms with Crippen LogP contribution in [-0.4, -0.2) is 33.9 Å². The largest absolute Gasteiger partial charge is 0.378 e. The van der Waals surface area contributed by atoms with Gasteiger partial charge in [-0.25, -0.2) is 0 Å². The predicted molar refractivity (Wildman–Crippen MR) is 98.9 cm³/mol. The van der Waals surface area contributed by atoms with Gasteiger partial charge in [0.1, 0.15) is 5.01 Å². The molecule has 4 rings (SSSR count). The first-order valence-electron chi connectivity index (χ1n) is 7.38. The van der Waals surface area contributed by atoms with Crippen molar-refractivity contribution in [2.24, 2.45) is 0 Å². The lowest BCUT2D eigenvalue weighted by Gasteiger charge is -2.11. The molecule has 120 valence electrons. The van der Waals surface area contributed by atoms with Gasteiger partial charge < -0.3 is 4.90 Å². The third-order valence-corrected chi connectivity index (χ3v) is 4.92. The second kappa shape index (κ2) is 5.89. The number of aromatic nitrogens is 4. The van der Waals surface area contributed by atoms with Crippen molar-refractivity contribution in [2.45, 2.75) is 0 Å². The Morgan fingerprint density at radius 2 is 1.58 bits per heavy atom. The van der Waals surface area contributed by atoms with Gasteiger partial charge >= 0.3 is 0 Å². The van der Waals surface area contributed by atoms with Gasteiger partial charge in [0.15, 0.2) is 5.82 Å². The number of hydrogen-bond donors (Lipinski definition) is 0. The molecule has 2 heterocycles. The average molecular weight is 356 g/mol. The minimum atomic E-state index is 0.712. The molecule has 5 nitrogen and oxygen atoms in total. The van der Waals surface area contributed by atoms with E-state index in [1.54, 1.807) is 4.52 Å². The summed E-state index contributed by atoms with van der Waals surface area (Å²) in [7, 11) is 4.03. The fourth-order valence-corrected chi connectivity index (χ4v) is 3.39. The van der Waals surface area contributed by atoms with E-state index >= 15 is 0 Å². The Hall–Kier alpha value is -2.44. The molecule has 0 atom stereocenters. The number of halogens is 1. The van der Waals surface area contributed by atoms with E-state index in [9.17, 15) is 0 Å². The summed E-state index contributed by atoms with van der Waals surface area (Å²) in [6.45, 7) is 0. The number of rotatable bonds is 3. The first kappa shape index (κ1) is 15.1. The number of nitrogens with zero attached hydrogens (tertiary/aromatic N) is 5. The van der Waals surface area contributed by atoms with E-state index in [-0.39, 0.29) is 0 Å². The molecule has 0 aliphatic heterocycles. The Balaban J connectivity index is 1.75. The lowest BCUT2D eigenvalue weighted by atomic mass is 10.2. The lowest BCUT2D eigenvalue weighted by Crippen LogP contribution is -2.08. The van der Waals surface area contributed by atoms with Crippen LogP contribution in [0, 0.1) is 0 Å². The van der Waals surface area contributed by atoms with Crippen molar-refractivity contribution in [3.05, 3.63) is 53.6 Å². The molecule has 7 heteroatoms. The fraction of sp³-hybridized carbons (Fsp3) is 0.118. The van der Waals surface area contributed by atoms with Crippen LogP contribution >= 0.6 is 22.9 Å². The zero-order chi connectivity index (χ0) is 16.7. The lowest BCUT2D eigenvalue weighted by molar-refractivity contribution is 0.970. The standard InChI is InChI=1S/C17H14ClN5S/c1-22(2)14-9-5-11(6-10-14)15-19-20-17-23(15)21-16(24-17)12-3-7-13(18)8-4-12/h3-10H,1-2H3. The highest BCUT2D eigenvalue weighted by Gasteiger charge is 2.14. The Morgan fingerprint density at radius 1 is 0.917 bits per heavy atom. The third-order valence-electron chi connectivity index (χ3n) is 3.72. The number of anilines is 1. The van der Waals surface area contributed by atoms with E-state index in [2.05, 4.69) is 32.3 Å². The molecule has 0 bridgehead atoms. The summed E-state index contributed by atoms with van der Waals surface area (Å²) in [4.78, 5) is 2.83. The van der Waals surface area contributed by atoms with Crippen molar-refractivity contribution < 1.29 is 0 Å². The van der Waals surface area contributed by atoms with Crippen molar-refractivity contribution >= 4 is 33.6 Å². The topological polar surface area (TPSA) is 46.3 Å². The average Bonchev–Trinajstić information content (AvgIpc) is 3.16. The zero-order valence-electron chi connectivity index (χ0n) is 13.1. The molecule has 0 aliphatic carbocycles. The van der Waals surface area contributed by atoms with Crippen LogP contribution in [0.25, 0.3) is 26.9 Å². The highest BCUT2D eigenvalue weighted by atomic mass is 35.5. The first-order chi connectivity index (χ1) is 11.6. The number of hydrogen-bond acceptors (Lipinski definition) is 5. The molecule has 0 saturated carbocycles. The van der Waals surface area contributed by atoms with Gasteiger partial charge in [-0.1, -0.05) is 35.1 Å². The van der Waals surface area contributed by atoms with E-state index in [0.29, 0.717) is 5.02 Å². The van der Waals surface area contributed by atoms with Crippen LogP contribution in [0.15, 0.2) is 48.5 Å². The quantitative estimate of drug-likeness (QED) is 0.551. The highest BCUT2D eigenvalue weighted by Crippen LogP contribution is 2.29. The number of benzene rings is 2. The van der Waals surface area contributed by atoms with Crippen molar-refractivity contribution in [3.8, 4) is 22.0 Å². The van der Waals surface area contributed by atoms with Gasteiger partial charge in [0, 0.05) is 35.9 Å². The summed E-state index contributed by atoms with van der Waals surface area (Å²) >= 11 is 7.46. The van der Waals surface area contributed by atoms with Crippen LogP contribution in [0.5, 0.6) is 0 Å². The molecule has 2 aromatic carbocycles. The van der Waals surface area contributed by atoms with E-state index in [4.69, 9.17) is 11.6 Å². The highest BCUT2D eigenvalue weighted by molar-refractivity contribution is 7.19. The van der Waals surface area contributed by atoms with Crippen molar-refractivity contribution in [3.63, 3.8) is 0 Å². The first-order valence-corrected chi connectivity index (χ1v) is 8.57. The minimum Gasteiger partial charge on any atom is -0.378 e. The minimum absolute atomic E-state index is 0.712. The molecule has 0 N–H and O–H groups in total. The fourth-order valence-electron chi connectivity index (χ4n) is 2.41. The summed E-state index contributed by atoms with van der Waals surface area (Å²) in [5.41, 5.74) is 3.14. The second-order valence-electron chi connectivity index (χ2n) is 5.57. The van der Waals surface area contributed by atoms with Gasteiger partial charge in [-0.2, -0.15) is 9.61 Å². The summed E-state index contributed by atoms with van der Waals surface area (Å²) in [6, 6.07) is 15.8. The Bertz CT molecular complexity index is 986. The van der Waals surface area contributed by atoms with Gasteiger partial charge in [-0.15, -0.1) is 10.2 Å². The van der Waals surface area contributed by atoms with Gasteiger partial charge in [-0.05, 0) is 36.4 Å². The van der Waals surface area contributed by atoms with Crippen LogP contribution in [0.3, 0.4) is 0 Å². The van der Waals surface area contributed by atoms with Crippen molar-refractivity contribution in [1.82, 2.24) is 19.8 Å². The third kappa shape index (κ3) is 2.64. The van der Waals surface area contributed by atoms with Crippen LogP contribution in [0.2, 0.25) is 5.02 Å². The van der Waals surface area contributed by atoms with Gasteiger partial charge in [0.05, 0.1) is 0 Å². The molecule has 4 aromatic rings. The maximum atomic E-state index is 5.95. The predicted octanol–water partition coefficient (Wildman–Crippen LogP) is 4.24. The molecule has 0 spiro atoms. The van der Waals surface area contributed by atoms with Crippen LogP contribution in [0.4, 0.5) is 5.69 Å². The normalized spacial score (nSPS) is 11.1. The van der Waals surface area contributed by atoms with E-state index in [1.165, 1.54) is 11.3 Å². The molecule has 0 saturated heterocycles. The van der Waals surface area contributed by atoms with E-state index in [1.807, 2.05) is 50.5 Å². The summed E-state index contributed by atoms with van der Waals surface area (Å²) < 4.78 is 1.79. The summed E-state index contributed by atoms with van der Waals surface area (Å²) in [5, 5.41) is 14.8.